The van der Waals surface area contributed by atoms with Crippen molar-refractivity contribution >= 4 is 12.2 Å². The van der Waals surface area contributed by atoms with Crippen LogP contribution in [0.2, 0.25) is 0 Å². The zero-order chi connectivity index (χ0) is 21.3. The Morgan fingerprint density at radius 3 is 1.55 bits per heavy atom. The molecule has 31 heavy (non-hydrogen) atoms. The molecule has 4 aromatic carbocycles. The summed E-state index contributed by atoms with van der Waals surface area (Å²) < 4.78 is 0. The maximum Gasteiger partial charge on any atom is 0.0978 e. The number of rotatable bonds is 4. The van der Waals surface area contributed by atoms with E-state index in [9.17, 15) is 0 Å². The zero-order valence-electron chi connectivity index (χ0n) is 17.4. The molecule has 0 heterocycles. The highest BCUT2D eigenvalue weighted by Crippen LogP contribution is 2.48. The van der Waals surface area contributed by atoms with E-state index in [1.165, 1.54) is 22.3 Å². The third-order valence-electron chi connectivity index (χ3n) is 6.39. The lowest BCUT2D eigenvalue weighted by Crippen LogP contribution is -2.53. The van der Waals surface area contributed by atoms with Crippen molar-refractivity contribution in [2.75, 3.05) is 0 Å². The fraction of sp³-hybridized carbons (Fsp3) is 0.103. The van der Waals surface area contributed by atoms with E-state index >= 15 is 0 Å². The van der Waals surface area contributed by atoms with Crippen LogP contribution in [0, 0.1) is 0 Å². The third-order valence-corrected chi connectivity index (χ3v) is 6.39. The lowest BCUT2D eigenvalue weighted by Gasteiger charge is -2.41. The molecule has 5 rings (SSSR count). The van der Waals surface area contributed by atoms with Gasteiger partial charge in [-0.3, -0.25) is 0 Å². The van der Waals surface area contributed by atoms with Crippen LogP contribution in [-0.2, 0) is 5.66 Å². The van der Waals surface area contributed by atoms with Crippen LogP contribution in [0.15, 0.2) is 109 Å². The second kappa shape index (κ2) is 7.99. The fourth-order valence-electron chi connectivity index (χ4n) is 4.91. The Hall–Kier alpha value is -3.46. The zero-order valence-corrected chi connectivity index (χ0v) is 17.4. The molecule has 4 N–H and O–H groups in total. The summed E-state index contributed by atoms with van der Waals surface area (Å²) in [6, 6.07) is 37.7. The summed E-state index contributed by atoms with van der Waals surface area (Å²) in [6.07, 6.45) is 4.40. The van der Waals surface area contributed by atoms with E-state index in [0.29, 0.717) is 0 Å². The van der Waals surface area contributed by atoms with Crippen molar-refractivity contribution in [3.63, 3.8) is 0 Å². The van der Waals surface area contributed by atoms with Crippen LogP contribution in [0.25, 0.3) is 12.2 Å². The van der Waals surface area contributed by atoms with Gasteiger partial charge in [0, 0.05) is 11.8 Å². The van der Waals surface area contributed by atoms with Gasteiger partial charge in [0.15, 0.2) is 0 Å². The highest BCUT2D eigenvalue weighted by molar-refractivity contribution is 5.77. The van der Waals surface area contributed by atoms with Crippen molar-refractivity contribution in [3.05, 3.63) is 143 Å². The Labute approximate surface area is 183 Å². The Kier molecular flexibility index (Phi) is 5.03. The first-order valence-electron chi connectivity index (χ1n) is 10.7. The predicted octanol–water partition coefficient (Wildman–Crippen LogP) is 5.86. The number of fused-ring (bicyclic) bond motifs is 2. The van der Waals surface area contributed by atoms with Gasteiger partial charge in [-0.2, -0.15) is 0 Å². The van der Waals surface area contributed by atoms with E-state index in [2.05, 4.69) is 84.9 Å². The van der Waals surface area contributed by atoms with Gasteiger partial charge >= 0.3 is 0 Å². The highest BCUT2D eigenvalue weighted by atomic mass is 15.0. The number of hydrogen-bond donors (Lipinski definition) is 2. The van der Waals surface area contributed by atoms with Crippen molar-refractivity contribution in [3.8, 4) is 0 Å². The quantitative estimate of drug-likeness (QED) is 0.420. The Balaban J connectivity index is 1.80. The van der Waals surface area contributed by atoms with Crippen LogP contribution < -0.4 is 11.5 Å². The molecule has 0 saturated heterocycles. The summed E-state index contributed by atoms with van der Waals surface area (Å²) in [5.74, 6) is -0.168. The molecule has 0 saturated carbocycles. The van der Waals surface area contributed by atoms with E-state index in [-0.39, 0.29) is 11.8 Å². The Bertz CT molecular complexity index is 1160. The van der Waals surface area contributed by atoms with Gasteiger partial charge in [-0.05, 0) is 33.4 Å². The molecule has 1 atom stereocenters. The molecular formula is C29H26N2. The van der Waals surface area contributed by atoms with Crippen LogP contribution in [-0.4, -0.2) is 0 Å². The summed E-state index contributed by atoms with van der Waals surface area (Å²) in [7, 11) is 0. The molecule has 2 heteroatoms. The van der Waals surface area contributed by atoms with Gasteiger partial charge in [-0.15, -0.1) is 0 Å². The molecule has 0 aliphatic heterocycles. The molecule has 0 radical (unpaired) electrons. The van der Waals surface area contributed by atoms with E-state index in [0.717, 1.165) is 11.1 Å². The van der Waals surface area contributed by atoms with Crippen molar-refractivity contribution in [2.24, 2.45) is 11.5 Å². The molecule has 1 aliphatic rings. The van der Waals surface area contributed by atoms with Gasteiger partial charge in [0.25, 0.3) is 0 Å². The molecule has 152 valence electrons. The molecule has 4 aromatic rings. The van der Waals surface area contributed by atoms with E-state index in [1.807, 2.05) is 36.4 Å². The maximum absolute atomic E-state index is 7.07. The molecule has 0 amide bonds. The summed E-state index contributed by atoms with van der Waals surface area (Å²) in [5, 5.41) is 0. The predicted molar refractivity (Wildman–Crippen MR) is 129 cm³/mol. The highest BCUT2D eigenvalue weighted by Gasteiger charge is 2.42. The van der Waals surface area contributed by atoms with Gasteiger partial charge in [-0.1, -0.05) is 121 Å². The second-order valence-corrected chi connectivity index (χ2v) is 8.26. The second-order valence-electron chi connectivity index (χ2n) is 8.26. The summed E-state index contributed by atoms with van der Waals surface area (Å²) in [6.45, 7) is 0. The minimum Gasteiger partial charge on any atom is -0.309 e. The van der Waals surface area contributed by atoms with E-state index in [1.54, 1.807) is 0 Å². The van der Waals surface area contributed by atoms with Crippen molar-refractivity contribution in [1.29, 1.82) is 0 Å². The average molecular weight is 403 g/mol. The van der Waals surface area contributed by atoms with E-state index < -0.39 is 5.66 Å². The molecule has 1 aliphatic carbocycles. The van der Waals surface area contributed by atoms with Gasteiger partial charge < -0.3 is 11.5 Å². The van der Waals surface area contributed by atoms with Crippen LogP contribution in [0.5, 0.6) is 0 Å². The first-order chi connectivity index (χ1) is 15.2. The van der Waals surface area contributed by atoms with Crippen molar-refractivity contribution < 1.29 is 0 Å². The van der Waals surface area contributed by atoms with Gasteiger partial charge in [0.1, 0.15) is 0 Å². The molecule has 1 unspecified atom stereocenters. The monoisotopic (exact) mass is 402 g/mol. The number of hydrogen-bond acceptors (Lipinski definition) is 2. The van der Waals surface area contributed by atoms with Crippen LogP contribution >= 0.6 is 0 Å². The smallest absolute Gasteiger partial charge is 0.0978 e. The van der Waals surface area contributed by atoms with Crippen LogP contribution in [0.4, 0.5) is 0 Å². The molecule has 2 nitrogen and oxygen atoms in total. The first-order valence-corrected chi connectivity index (χ1v) is 10.7. The molecular weight excluding hydrogens is 376 g/mol. The summed E-state index contributed by atoms with van der Waals surface area (Å²) in [5.41, 5.74) is 20.0. The minimum atomic E-state index is -1.07. The maximum atomic E-state index is 7.07. The van der Waals surface area contributed by atoms with E-state index in [4.69, 9.17) is 11.5 Å². The van der Waals surface area contributed by atoms with Crippen LogP contribution in [0.1, 0.15) is 45.2 Å². The lowest BCUT2D eigenvalue weighted by atomic mass is 9.68. The normalized spacial score (nSPS) is 14.4. The number of benzene rings is 4. The van der Waals surface area contributed by atoms with Gasteiger partial charge in [0.2, 0.25) is 0 Å². The lowest BCUT2D eigenvalue weighted by molar-refractivity contribution is 0.338. The Morgan fingerprint density at radius 2 is 1.00 bits per heavy atom. The van der Waals surface area contributed by atoms with Gasteiger partial charge in [0.05, 0.1) is 5.66 Å². The number of nitrogens with two attached hydrogens (primary N) is 2. The molecule has 0 bridgehead atoms. The first kappa shape index (κ1) is 19.5. The summed E-state index contributed by atoms with van der Waals surface area (Å²) >= 11 is 0. The fourth-order valence-corrected chi connectivity index (χ4v) is 4.91. The molecule has 0 spiro atoms. The summed E-state index contributed by atoms with van der Waals surface area (Å²) in [4.78, 5) is 0. The SMILES string of the molecule is NC(N)(c1ccccc1)C(c1ccccc1)C1c2ccccc2C=Cc2ccccc21. The van der Waals surface area contributed by atoms with Crippen molar-refractivity contribution in [2.45, 2.75) is 17.5 Å². The third kappa shape index (κ3) is 3.50. The molecule has 0 aromatic heterocycles. The topological polar surface area (TPSA) is 52.0 Å². The standard InChI is InChI=1S/C29H26N2/c30-29(31,24-15-5-2-6-16-24)28(23-13-3-1-4-14-23)27-25-17-9-7-11-21(25)19-20-22-12-8-10-18-26(22)27/h1-20,27-28H,30-31H2. The molecule has 0 fully saturated rings. The Morgan fingerprint density at radius 1 is 0.548 bits per heavy atom. The van der Waals surface area contributed by atoms with Gasteiger partial charge in [-0.25, -0.2) is 0 Å². The van der Waals surface area contributed by atoms with Crippen LogP contribution in [0.3, 0.4) is 0 Å². The largest absolute Gasteiger partial charge is 0.309 e. The average Bonchev–Trinajstić information content (AvgIpc) is 2.98. The minimum absolute atomic E-state index is 0.00000567. The van der Waals surface area contributed by atoms with Crippen molar-refractivity contribution in [1.82, 2.24) is 0 Å².